The van der Waals surface area contributed by atoms with Crippen molar-refractivity contribution in [2.75, 3.05) is 36.0 Å². The van der Waals surface area contributed by atoms with Crippen molar-refractivity contribution in [3.63, 3.8) is 0 Å². The molecule has 0 atom stereocenters. The number of carbonyl (C=O) groups excluding carboxylic acids is 1. The third-order valence-corrected chi connectivity index (χ3v) is 6.21. The molecule has 5 rings (SSSR count). The van der Waals surface area contributed by atoms with Crippen LogP contribution in [0.4, 0.5) is 11.5 Å². The monoisotopic (exact) mass is 457 g/mol. The molecule has 1 fully saturated rings. The molecule has 1 saturated heterocycles. The topological polar surface area (TPSA) is 61.4 Å². The van der Waals surface area contributed by atoms with Crippen molar-refractivity contribution in [2.45, 2.75) is 6.54 Å². The average molecular weight is 458 g/mol. The molecule has 0 spiro atoms. The highest BCUT2D eigenvalue weighted by atomic mass is 35.5. The molecule has 1 N–H and O–H groups in total. The number of carbonyl (C=O) groups is 1. The number of rotatable bonds is 5. The Balaban J connectivity index is 1.32. The number of halogens is 1. The van der Waals surface area contributed by atoms with Crippen molar-refractivity contribution >= 4 is 39.8 Å². The lowest BCUT2D eigenvalue weighted by molar-refractivity contribution is 0.0951. The minimum Gasteiger partial charge on any atom is -0.368 e. The van der Waals surface area contributed by atoms with Gasteiger partial charge in [-0.3, -0.25) is 9.78 Å². The van der Waals surface area contributed by atoms with Gasteiger partial charge in [0.25, 0.3) is 5.91 Å². The molecule has 166 valence electrons. The fraction of sp³-hybridized carbons (Fsp3) is 0.192. The van der Waals surface area contributed by atoms with E-state index in [0.717, 1.165) is 53.4 Å². The molecular formula is C26H24ClN5O. The van der Waals surface area contributed by atoms with Crippen molar-refractivity contribution in [2.24, 2.45) is 0 Å². The minimum absolute atomic E-state index is 0.108. The molecular weight excluding hydrogens is 434 g/mol. The molecule has 0 radical (unpaired) electrons. The number of piperazine rings is 1. The summed E-state index contributed by atoms with van der Waals surface area (Å²) in [6.07, 6.45) is 5.32. The highest BCUT2D eigenvalue weighted by molar-refractivity contribution is 6.30. The van der Waals surface area contributed by atoms with E-state index in [1.165, 1.54) is 5.69 Å². The fourth-order valence-corrected chi connectivity index (χ4v) is 4.29. The Morgan fingerprint density at radius 2 is 1.73 bits per heavy atom. The highest BCUT2D eigenvalue weighted by Crippen LogP contribution is 2.28. The molecule has 1 aliphatic rings. The second-order valence-electron chi connectivity index (χ2n) is 8.06. The van der Waals surface area contributed by atoms with E-state index in [4.69, 9.17) is 11.6 Å². The van der Waals surface area contributed by atoms with Crippen LogP contribution < -0.4 is 15.1 Å². The second-order valence-corrected chi connectivity index (χ2v) is 8.50. The molecule has 1 amide bonds. The van der Waals surface area contributed by atoms with E-state index in [2.05, 4.69) is 37.2 Å². The van der Waals surface area contributed by atoms with Gasteiger partial charge in [0.15, 0.2) is 0 Å². The predicted molar refractivity (Wildman–Crippen MR) is 133 cm³/mol. The molecule has 6 nitrogen and oxygen atoms in total. The first-order valence-electron chi connectivity index (χ1n) is 11.0. The molecule has 1 aliphatic heterocycles. The maximum atomic E-state index is 12.8. The first-order chi connectivity index (χ1) is 16.2. The molecule has 7 heteroatoms. The van der Waals surface area contributed by atoms with Crippen molar-refractivity contribution in [3.05, 3.63) is 95.4 Å². The van der Waals surface area contributed by atoms with Gasteiger partial charge in [0.05, 0.1) is 0 Å². The van der Waals surface area contributed by atoms with Crippen LogP contribution >= 0.6 is 11.6 Å². The van der Waals surface area contributed by atoms with Crippen LogP contribution in [0.15, 0.2) is 79.3 Å². The van der Waals surface area contributed by atoms with Gasteiger partial charge < -0.3 is 15.1 Å². The number of nitrogens with one attached hydrogen (secondary N) is 1. The van der Waals surface area contributed by atoms with Gasteiger partial charge in [-0.1, -0.05) is 23.7 Å². The number of fused-ring (bicyclic) bond motifs is 1. The number of hydrogen-bond acceptors (Lipinski definition) is 5. The lowest BCUT2D eigenvalue weighted by Crippen LogP contribution is -2.46. The quantitative estimate of drug-likeness (QED) is 0.476. The van der Waals surface area contributed by atoms with Gasteiger partial charge in [0, 0.05) is 73.0 Å². The first kappa shape index (κ1) is 21.2. The Hall–Kier alpha value is -3.64. The SMILES string of the molecule is O=C(NCc1cccnc1)c1ccc2ccnc(N3CCN(c4ccc(Cl)cc4)CC3)c2c1. The number of nitrogens with zero attached hydrogens (tertiary/aromatic N) is 4. The summed E-state index contributed by atoms with van der Waals surface area (Å²) in [5.74, 6) is 0.813. The second kappa shape index (κ2) is 9.46. The highest BCUT2D eigenvalue weighted by Gasteiger charge is 2.20. The Morgan fingerprint density at radius 1 is 0.939 bits per heavy atom. The van der Waals surface area contributed by atoms with Crippen LogP contribution in [0.3, 0.4) is 0 Å². The Bertz CT molecular complexity index is 1250. The van der Waals surface area contributed by atoms with Crippen LogP contribution in [0.1, 0.15) is 15.9 Å². The fourth-order valence-electron chi connectivity index (χ4n) is 4.16. The largest absolute Gasteiger partial charge is 0.368 e. The number of aromatic nitrogens is 2. The van der Waals surface area contributed by atoms with Crippen molar-refractivity contribution in [1.82, 2.24) is 15.3 Å². The van der Waals surface area contributed by atoms with Crippen LogP contribution in [0, 0.1) is 0 Å². The molecule has 2 aromatic carbocycles. The predicted octanol–water partition coefficient (Wildman–Crippen LogP) is 4.54. The van der Waals surface area contributed by atoms with Crippen LogP contribution in [0.5, 0.6) is 0 Å². The number of benzene rings is 2. The molecule has 33 heavy (non-hydrogen) atoms. The standard InChI is InChI=1S/C26H24ClN5O/c27-22-5-7-23(8-6-22)31-12-14-32(15-13-31)25-24-16-21(4-3-20(24)9-11-29-25)26(33)30-18-19-2-1-10-28-17-19/h1-11,16-17H,12-15,18H2,(H,30,33). The van der Waals surface area contributed by atoms with Gasteiger partial charge in [0.2, 0.25) is 0 Å². The lowest BCUT2D eigenvalue weighted by Gasteiger charge is -2.37. The molecule has 0 unspecified atom stereocenters. The number of amides is 1. The van der Waals surface area contributed by atoms with Gasteiger partial charge in [-0.2, -0.15) is 0 Å². The maximum Gasteiger partial charge on any atom is 0.251 e. The van der Waals surface area contributed by atoms with Crippen molar-refractivity contribution in [3.8, 4) is 0 Å². The van der Waals surface area contributed by atoms with Crippen molar-refractivity contribution < 1.29 is 4.79 Å². The van der Waals surface area contributed by atoms with E-state index in [1.807, 2.05) is 54.7 Å². The summed E-state index contributed by atoms with van der Waals surface area (Å²) >= 11 is 6.03. The van der Waals surface area contributed by atoms with Crippen LogP contribution in [-0.4, -0.2) is 42.1 Å². The van der Waals surface area contributed by atoms with Crippen LogP contribution in [0.2, 0.25) is 5.02 Å². The van der Waals surface area contributed by atoms with E-state index in [-0.39, 0.29) is 5.91 Å². The number of anilines is 2. The van der Waals surface area contributed by atoms with E-state index >= 15 is 0 Å². The third kappa shape index (κ3) is 4.76. The van der Waals surface area contributed by atoms with Gasteiger partial charge in [-0.25, -0.2) is 4.98 Å². The normalized spacial score (nSPS) is 13.8. The smallest absolute Gasteiger partial charge is 0.251 e. The summed E-state index contributed by atoms with van der Waals surface area (Å²) < 4.78 is 0. The van der Waals surface area contributed by atoms with Gasteiger partial charge in [0.1, 0.15) is 5.82 Å². The summed E-state index contributed by atoms with van der Waals surface area (Å²) in [5, 5.41) is 5.79. The Morgan fingerprint density at radius 3 is 2.48 bits per heavy atom. The number of hydrogen-bond donors (Lipinski definition) is 1. The number of pyridine rings is 2. The van der Waals surface area contributed by atoms with E-state index < -0.39 is 0 Å². The average Bonchev–Trinajstić information content (AvgIpc) is 2.88. The van der Waals surface area contributed by atoms with Crippen molar-refractivity contribution in [1.29, 1.82) is 0 Å². The van der Waals surface area contributed by atoms with Crippen LogP contribution in [0.25, 0.3) is 10.8 Å². The molecule has 3 heterocycles. The zero-order valence-corrected chi connectivity index (χ0v) is 18.9. The van der Waals surface area contributed by atoms with E-state index in [0.29, 0.717) is 12.1 Å². The maximum absolute atomic E-state index is 12.8. The molecule has 2 aromatic heterocycles. The summed E-state index contributed by atoms with van der Waals surface area (Å²) in [5.41, 5.74) is 2.77. The summed E-state index contributed by atoms with van der Waals surface area (Å²) in [7, 11) is 0. The zero-order valence-electron chi connectivity index (χ0n) is 18.1. The Labute approximate surface area is 197 Å². The molecule has 0 bridgehead atoms. The van der Waals surface area contributed by atoms with E-state index in [9.17, 15) is 4.79 Å². The Kier molecular flexibility index (Phi) is 6.09. The third-order valence-electron chi connectivity index (χ3n) is 5.95. The first-order valence-corrected chi connectivity index (χ1v) is 11.4. The summed E-state index contributed by atoms with van der Waals surface area (Å²) in [6, 6.07) is 19.6. The molecule has 4 aromatic rings. The molecule has 0 saturated carbocycles. The van der Waals surface area contributed by atoms with E-state index in [1.54, 1.807) is 12.4 Å². The van der Waals surface area contributed by atoms with Gasteiger partial charge in [-0.15, -0.1) is 0 Å². The van der Waals surface area contributed by atoms with Gasteiger partial charge in [-0.05, 0) is 59.5 Å². The zero-order chi connectivity index (χ0) is 22.6. The van der Waals surface area contributed by atoms with Gasteiger partial charge >= 0.3 is 0 Å². The minimum atomic E-state index is -0.108. The van der Waals surface area contributed by atoms with Crippen LogP contribution in [-0.2, 0) is 6.54 Å². The molecule has 0 aliphatic carbocycles. The summed E-state index contributed by atoms with van der Waals surface area (Å²) in [4.78, 5) is 26.2. The summed E-state index contributed by atoms with van der Waals surface area (Å²) in [6.45, 7) is 3.94. The lowest BCUT2D eigenvalue weighted by atomic mass is 10.1.